The summed E-state index contributed by atoms with van der Waals surface area (Å²) in [5.74, 6) is 0.115. The van der Waals surface area contributed by atoms with Crippen molar-refractivity contribution in [2.24, 2.45) is 13.0 Å². The van der Waals surface area contributed by atoms with Gasteiger partial charge in [-0.15, -0.1) is 0 Å². The molecule has 0 spiro atoms. The fraction of sp³-hybridized carbons (Fsp3) is 0.389. The van der Waals surface area contributed by atoms with Gasteiger partial charge in [-0.1, -0.05) is 6.07 Å². The molecule has 0 unspecified atom stereocenters. The summed E-state index contributed by atoms with van der Waals surface area (Å²) in [4.78, 5) is 24.3. The van der Waals surface area contributed by atoms with Crippen LogP contribution in [0.5, 0.6) is 5.75 Å². The Bertz CT molecular complexity index is 794. The van der Waals surface area contributed by atoms with Gasteiger partial charge in [-0.3, -0.25) is 14.3 Å². The summed E-state index contributed by atoms with van der Waals surface area (Å²) in [6.07, 6.45) is 6.59. The number of hydrogen-bond donors (Lipinski definition) is 1. The highest BCUT2D eigenvalue weighted by Crippen LogP contribution is 2.48. The third-order valence-electron chi connectivity index (χ3n) is 4.47. The molecule has 2 saturated carbocycles. The minimum Gasteiger partial charge on any atom is -0.426 e. The van der Waals surface area contributed by atoms with E-state index in [1.165, 1.54) is 0 Å². The van der Waals surface area contributed by atoms with Gasteiger partial charge in [0.15, 0.2) is 0 Å². The number of benzene rings is 1. The first-order chi connectivity index (χ1) is 11.6. The maximum Gasteiger partial charge on any atom is 0.314 e. The zero-order chi connectivity index (χ0) is 16.7. The van der Waals surface area contributed by atoms with E-state index in [4.69, 9.17) is 4.74 Å². The summed E-state index contributed by atoms with van der Waals surface area (Å²) in [7, 11) is 1.86. The highest BCUT2D eigenvalue weighted by molar-refractivity contribution is 5.95. The quantitative estimate of drug-likeness (QED) is 0.674. The van der Waals surface area contributed by atoms with Crippen LogP contribution < -0.4 is 10.1 Å². The molecule has 2 fully saturated rings. The third kappa shape index (κ3) is 3.18. The highest BCUT2D eigenvalue weighted by Gasteiger charge is 2.46. The molecular formula is C18H19N3O3. The van der Waals surface area contributed by atoms with Crippen molar-refractivity contribution in [3.05, 3.63) is 47.8 Å². The van der Waals surface area contributed by atoms with Crippen molar-refractivity contribution >= 4 is 11.9 Å². The maximum absolute atomic E-state index is 12.3. The van der Waals surface area contributed by atoms with E-state index in [0.29, 0.717) is 17.4 Å². The molecule has 0 saturated heterocycles. The molecule has 1 amide bonds. The molecule has 2 aliphatic carbocycles. The van der Waals surface area contributed by atoms with E-state index < -0.39 is 0 Å². The molecule has 6 heteroatoms. The van der Waals surface area contributed by atoms with Crippen LogP contribution in [0.1, 0.15) is 41.1 Å². The van der Waals surface area contributed by atoms with Gasteiger partial charge in [0.05, 0.1) is 12.1 Å². The molecule has 2 atom stereocenters. The number of aryl methyl sites for hydroxylation is 1. The first-order valence-corrected chi connectivity index (χ1v) is 8.21. The molecule has 0 radical (unpaired) electrons. The molecule has 6 nitrogen and oxygen atoms in total. The summed E-state index contributed by atoms with van der Waals surface area (Å²) in [5.41, 5.74) is 1.59. The number of amides is 1. The Kier molecular flexibility index (Phi) is 3.59. The molecule has 0 bridgehead atoms. The molecular weight excluding hydrogens is 306 g/mol. The van der Waals surface area contributed by atoms with E-state index >= 15 is 0 Å². The zero-order valence-electron chi connectivity index (χ0n) is 13.4. The molecule has 4 rings (SSSR count). The van der Waals surface area contributed by atoms with E-state index in [-0.39, 0.29) is 23.7 Å². The van der Waals surface area contributed by atoms with Crippen molar-refractivity contribution in [3.8, 4) is 5.75 Å². The standard InChI is InChI=1S/C18H19N3O3/c1-21-10-12(9-19-21)15-8-16(15)18(23)24-14-4-2-3-11(7-14)17(22)20-13-5-6-13/h2-4,7,9-10,13,15-16H,5-6,8H2,1H3,(H,20,22)/t15-,16-/m0/s1. The van der Waals surface area contributed by atoms with Crippen LogP contribution in [0.15, 0.2) is 36.7 Å². The second-order valence-electron chi connectivity index (χ2n) is 6.59. The van der Waals surface area contributed by atoms with Crippen LogP contribution in [0.3, 0.4) is 0 Å². The minimum atomic E-state index is -0.247. The van der Waals surface area contributed by atoms with Gasteiger partial charge in [-0.2, -0.15) is 5.10 Å². The number of aromatic nitrogens is 2. The zero-order valence-corrected chi connectivity index (χ0v) is 13.4. The lowest BCUT2D eigenvalue weighted by molar-refractivity contribution is -0.135. The molecule has 24 heavy (non-hydrogen) atoms. The Balaban J connectivity index is 1.38. The molecule has 1 aromatic carbocycles. The second kappa shape index (κ2) is 5.78. The third-order valence-corrected chi connectivity index (χ3v) is 4.47. The number of carbonyl (C=O) groups excluding carboxylic acids is 2. The SMILES string of the molecule is Cn1cc([C@@H]2C[C@@H]2C(=O)Oc2cccc(C(=O)NC3CC3)c2)cn1. The average molecular weight is 325 g/mol. The number of carbonyl (C=O) groups is 2. The van der Waals surface area contributed by atoms with Crippen LogP contribution in [0.2, 0.25) is 0 Å². The van der Waals surface area contributed by atoms with E-state index in [0.717, 1.165) is 24.8 Å². The lowest BCUT2D eigenvalue weighted by Gasteiger charge is -2.07. The number of esters is 1. The Morgan fingerprint density at radius 3 is 2.88 bits per heavy atom. The fourth-order valence-electron chi connectivity index (χ4n) is 2.84. The Morgan fingerprint density at radius 1 is 1.33 bits per heavy atom. The maximum atomic E-state index is 12.3. The molecule has 1 aromatic heterocycles. The van der Waals surface area contributed by atoms with Crippen LogP contribution in [0.4, 0.5) is 0 Å². The van der Waals surface area contributed by atoms with Gasteiger partial charge >= 0.3 is 5.97 Å². The average Bonchev–Trinajstić information content (AvgIpc) is 3.48. The van der Waals surface area contributed by atoms with E-state index in [1.807, 2.05) is 13.2 Å². The lowest BCUT2D eigenvalue weighted by Crippen LogP contribution is -2.25. The van der Waals surface area contributed by atoms with Crippen LogP contribution in [0.25, 0.3) is 0 Å². The Morgan fingerprint density at radius 2 is 2.17 bits per heavy atom. The van der Waals surface area contributed by atoms with Crippen molar-refractivity contribution in [2.75, 3.05) is 0 Å². The van der Waals surface area contributed by atoms with Crippen molar-refractivity contribution in [3.63, 3.8) is 0 Å². The smallest absolute Gasteiger partial charge is 0.314 e. The number of nitrogens with zero attached hydrogens (tertiary/aromatic N) is 2. The van der Waals surface area contributed by atoms with Crippen LogP contribution >= 0.6 is 0 Å². The van der Waals surface area contributed by atoms with Gasteiger partial charge in [-0.05, 0) is 43.0 Å². The van der Waals surface area contributed by atoms with Gasteiger partial charge in [0.1, 0.15) is 5.75 Å². The normalized spacial score (nSPS) is 22.0. The van der Waals surface area contributed by atoms with Gasteiger partial charge in [-0.25, -0.2) is 0 Å². The topological polar surface area (TPSA) is 73.2 Å². The second-order valence-corrected chi connectivity index (χ2v) is 6.59. The number of nitrogens with one attached hydrogen (secondary N) is 1. The summed E-state index contributed by atoms with van der Waals surface area (Å²) in [5, 5.41) is 7.06. The molecule has 124 valence electrons. The van der Waals surface area contributed by atoms with Crippen molar-refractivity contribution in [1.29, 1.82) is 0 Å². The van der Waals surface area contributed by atoms with Gasteiger partial charge in [0.2, 0.25) is 0 Å². The summed E-state index contributed by atoms with van der Waals surface area (Å²) in [6, 6.07) is 7.08. The van der Waals surface area contributed by atoms with Gasteiger partial charge in [0.25, 0.3) is 5.91 Å². The Hall–Kier alpha value is -2.63. The highest BCUT2D eigenvalue weighted by atomic mass is 16.5. The van der Waals surface area contributed by atoms with Crippen molar-refractivity contribution in [1.82, 2.24) is 15.1 Å². The van der Waals surface area contributed by atoms with E-state index in [1.54, 1.807) is 35.1 Å². The number of hydrogen-bond acceptors (Lipinski definition) is 4. The predicted molar refractivity (Wildman–Crippen MR) is 86.6 cm³/mol. The van der Waals surface area contributed by atoms with Gasteiger partial charge < -0.3 is 10.1 Å². The number of rotatable bonds is 5. The lowest BCUT2D eigenvalue weighted by atomic mass is 10.2. The van der Waals surface area contributed by atoms with E-state index in [2.05, 4.69) is 10.4 Å². The molecule has 0 aliphatic heterocycles. The van der Waals surface area contributed by atoms with Crippen LogP contribution in [-0.2, 0) is 11.8 Å². The van der Waals surface area contributed by atoms with Crippen LogP contribution in [0, 0.1) is 5.92 Å². The van der Waals surface area contributed by atoms with Crippen LogP contribution in [-0.4, -0.2) is 27.7 Å². The summed E-state index contributed by atoms with van der Waals surface area (Å²) >= 11 is 0. The first kappa shape index (κ1) is 14.9. The Labute approximate surface area is 139 Å². The van der Waals surface area contributed by atoms with Crippen molar-refractivity contribution < 1.29 is 14.3 Å². The van der Waals surface area contributed by atoms with Gasteiger partial charge in [0, 0.05) is 30.8 Å². The van der Waals surface area contributed by atoms with Crippen molar-refractivity contribution in [2.45, 2.75) is 31.2 Å². The largest absolute Gasteiger partial charge is 0.426 e. The minimum absolute atomic E-state index is 0.116. The number of ether oxygens (including phenoxy) is 1. The molecule has 2 aromatic rings. The molecule has 2 aliphatic rings. The first-order valence-electron chi connectivity index (χ1n) is 8.21. The summed E-state index contributed by atoms with van der Waals surface area (Å²) < 4.78 is 7.20. The van der Waals surface area contributed by atoms with E-state index in [9.17, 15) is 9.59 Å². The monoisotopic (exact) mass is 325 g/mol. The molecule has 1 N–H and O–H groups in total. The predicted octanol–water partition coefficient (Wildman–Crippen LogP) is 2.02. The molecule has 1 heterocycles. The summed E-state index contributed by atoms with van der Waals surface area (Å²) in [6.45, 7) is 0. The fourth-order valence-corrected chi connectivity index (χ4v) is 2.84.